The average Bonchev–Trinajstić information content (AvgIpc) is 2.85. The highest BCUT2D eigenvalue weighted by molar-refractivity contribution is 7.99. The first-order chi connectivity index (χ1) is 9.15. The zero-order valence-corrected chi connectivity index (χ0v) is 12.5. The van der Waals surface area contributed by atoms with Gasteiger partial charge in [-0.3, -0.25) is 0 Å². The highest BCUT2D eigenvalue weighted by atomic mass is 32.2. The Kier molecular flexibility index (Phi) is 5.05. The van der Waals surface area contributed by atoms with Crippen LogP contribution in [0, 0.1) is 12.8 Å². The quantitative estimate of drug-likeness (QED) is 0.869. The Balaban J connectivity index is 2.08. The number of nitrogens with zero attached hydrogens (tertiary/aromatic N) is 1. The molecule has 2 rings (SSSR count). The SMILES string of the molecule is Cc1ccc(Sc2ncco2)c(CNCC(C)C)c1. The van der Waals surface area contributed by atoms with Gasteiger partial charge in [0.05, 0.1) is 6.20 Å². The van der Waals surface area contributed by atoms with Gasteiger partial charge in [0.1, 0.15) is 6.26 Å². The summed E-state index contributed by atoms with van der Waals surface area (Å²) in [6, 6.07) is 6.48. The van der Waals surface area contributed by atoms with Crippen LogP contribution in [0.3, 0.4) is 0 Å². The van der Waals surface area contributed by atoms with Gasteiger partial charge in [-0.05, 0) is 42.8 Å². The van der Waals surface area contributed by atoms with Crippen molar-refractivity contribution in [3.63, 3.8) is 0 Å². The van der Waals surface area contributed by atoms with E-state index >= 15 is 0 Å². The summed E-state index contributed by atoms with van der Waals surface area (Å²) >= 11 is 1.57. The second-order valence-electron chi connectivity index (χ2n) is 5.04. The maximum absolute atomic E-state index is 5.30. The lowest BCUT2D eigenvalue weighted by Crippen LogP contribution is -2.19. The topological polar surface area (TPSA) is 38.1 Å². The van der Waals surface area contributed by atoms with E-state index in [1.54, 1.807) is 24.2 Å². The number of aryl methyl sites for hydroxylation is 1. The van der Waals surface area contributed by atoms with Crippen LogP contribution in [-0.4, -0.2) is 11.5 Å². The molecular weight excluding hydrogens is 256 g/mol. The number of nitrogens with one attached hydrogen (secondary N) is 1. The number of hydrogen-bond donors (Lipinski definition) is 1. The van der Waals surface area contributed by atoms with Gasteiger partial charge in [0.2, 0.25) is 0 Å². The van der Waals surface area contributed by atoms with Gasteiger partial charge in [-0.25, -0.2) is 4.98 Å². The summed E-state index contributed by atoms with van der Waals surface area (Å²) in [5, 5.41) is 4.17. The van der Waals surface area contributed by atoms with E-state index in [-0.39, 0.29) is 0 Å². The second kappa shape index (κ2) is 6.78. The summed E-state index contributed by atoms with van der Waals surface area (Å²) < 4.78 is 5.30. The zero-order valence-electron chi connectivity index (χ0n) is 11.6. The molecule has 0 saturated carbocycles. The Hall–Kier alpha value is -1.26. The van der Waals surface area contributed by atoms with Crippen molar-refractivity contribution in [1.82, 2.24) is 10.3 Å². The van der Waals surface area contributed by atoms with Crippen molar-refractivity contribution in [2.45, 2.75) is 37.4 Å². The zero-order chi connectivity index (χ0) is 13.7. The van der Waals surface area contributed by atoms with Crippen LogP contribution >= 0.6 is 11.8 Å². The minimum atomic E-state index is 0.660. The number of rotatable bonds is 6. The van der Waals surface area contributed by atoms with Crippen LogP contribution in [0.2, 0.25) is 0 Å². The van der Waals surface area contributed by atoms with Crippen molar-refractivity contribution in [2.24, 2.45) is 5.92 Å². The van der Waals surface area contributed by atoms with Crippen molar-refractivity contribution in [3.05, 3.63) is 41.8 Å². The van der Waals surface area contributed by atoms with Crippen LogP contribution in [0.4, 0.5) is 0 Å². The van der Waals surface area contributed by atoms with E-state index in [9.17, 15) is 0 Å². The van der Waals surface area contributed by atoms with Crippen LogP contribution in [0.25, 0.3) is 0 Å². The van der Waals surface area contributed by atoms with Gasteiger partial charge < -0.3 is 9.73 Å². The Labute approximate surface area is 118 Å². The molecule has 0 atom stereocenters. The van der Waals surface area contributed by atoms with Gasteiger partial charge >= 0.3 is 0 Å². The van der Waals surface area contributed by atoms with E-state index in [1.807, 2.05) is 0 Å². The van der Waals surface area contributed by atoms with E-state index < -0.39 is 0 Å². The van der Waals surface area contributed by atoms with Crippen LogP contribution < -0.4 is 5.32 Å². The molecule has 0 spiro atoms. The predicted molar refractivity (Wildman–Crippen MR) is 78.3 cm³/mol. The van der Waals surface area contributed by atoms with Crippen molar-refractivity contribution < 1.29 is 4.42 Å². The summed E-state index contributed by atoms with van der Waals surface area (Å²) in [5.74, 6) is 0.660. The molecule has 2 aromatic rings. The summed E-state index contributed by atoms with van der Waals surface area (Å²) in [7, 11) is 0. The first kappa shape index (κ1) is 14.2. The van der Waals surface area contributed by atoms with Gasteiger partial charge in [-0.2, -0.15) is 0 Å². The summed E-state index contributed by atoms with van der Waals surface area (Å²) in [6.07, 6.45) is 3.28. The largest absolute Gasteiger partial charge is 0.440 e. The average molecular weight is 276 g/mol. The lowest BCUT2D eigenvalue weighted by atomic mass is 10.1. The van der Waals surface area contributed by atoms with Gasteiger partial charge in [0, 0.05) is 11.4 Å². The molecule has 102 valence electrons. The first-order valence-corrected chi connectivity index (χ1v) is 7.34. The highest BCUT2D eigenvalue weighted by Crippen LogP contribution is 2.29. The Morgan fingerprint density at radius 2 is 2.21 bits per heavy atom. The molecule has 0 aliphatic carbocycles. The Bertz CT molecular complexity index is 509. The van der Waals surface area contributed by atoms with Gasteiger partial charge in [-0.15, -0.1) is 0 Å². The van der Waals surface area contributed by atoms with Crippen LogP contribution in [0.5, 0.6) is 0 Å². The van der Waals surface area contributed by atoms with Gasteiger partial charge in [0.25, 0.3) is 5.22 Å². The fourth-order valence-electron chi connectivity index (χ4n) is 1.80. The normalized spacial score (nSPS) is 11.2. The third-order valence-corrected chi connectivity index (χ3v) is 3.69. The molecule has 0 bridgehead atoms. The molecule has 0 amide bonds. The molecule has 0 saturated heterocycles. The molecule has 1 aromatic carbocycles. The molecule has 1 aromatic heterocycles. The minimum absolute atomic E-state index is 0.660. The van der Waals surface area contributed by atoms with Gasteiger partial charge in [0.15, 0.2) is 0 Å². The smallest absolute Gasteiger partial charge is 0.260 e. The number of hydrogen-bond acceptors (Lipinski definition) is 4. The molecule has 1 heterocycles. The molecule has 0 unspecified atom stereocenters. The highest BCUT2D eigenvalue weighted by Gasteiger charge is 2.08. The van der Waals surface area contributed by atoms with Crippen LogP contribution in [0.15, 0.2) is 45.2 Å². The third kappa shape index (κ3) is 4.40. The van der Waals surface area contributed by atoms with Crippen molar-refractivity contribution in [1.29, 1.82) is 0 Å². The second-order valence-corrected chi connectivity index (χ2v) is 6.03. The fraction of sp³-hybridized carbons (Fsp3) is 0.400. The fourth-order valence-corrected chi connectivity index (χ4v) is 2.60. The molecule has 0 fully saturated rings. The van der Waals surface area contributed by atoms with Crippen molar-refractivity contribution >= 4 is 11.8 Å². The molecule has 1 N–H and O–H groups in total. The lowest BCUT2D eigenvalue weighted by Gasteiger charge is -2.11. The summed E-state index contributed by atoms with van der Waals surface area (Å²) in [6.45, 7) is 8.45. The predicted octanol–water partition coefficient (Wildman–Crippen LogP) is 3.88. The lowest BCUT2D eigenvalue weighted by molar-refractivity contribution is 0.454. The molecule has 19 heavy (non-hydrogen) atoms. The molecule has 0 radical (unpaired) electrons. The van der Waals surface area contributed by atoms with E-state index in [4.69, 9.17) is 4.42 Å². The first-order valence-electron chi connectivity index (χ1n) is 6.52. The van der Waals surface area contributed by atoms with Crippen LogP contribution in [-0.2, 0) is 6.54 Å². The van der Waals surface area contributed by atoms with E-state index in [0.29, 0.717) is 11.1 Å². The van der Waals surface area contributed by atoms with Gasteiger partial charge in [-0.1, -0.05) is 31.5 Å². The summed E-state index contributed by atoms with van der Waals surface area (Å²) in [4.78, 5) is 5.36. The van der Waals surface area contributed by atoms with Crippen LogP contribution in [0.1, 0.15) is 25.0 Å². The van der Waals surface area contributed by atoms with E-state index in [0.717, 1.165) is 13.1 Å². The maximum atomic E-state index is 5.30. The Morgan fingerprint density at radius 1 is 1.37 bits per heavy atom. The number of oxazole rings is 1. The molecule has 0 aliphatic heterocycles. The monoisotopic (exact) mass is 276 g/mol. The van der Waals surface area contributed by atoms with E-state index in [1.165, 1.54) is 16.0 Å². The molecule has 4 heteroatoms. The standard InChI is InChI=1S/C15H20N2OS/c1-11(2)9-16-10-13-8-12(3)4-5-14(13)19-15-17-6-7-18-15/h4-8,11,16H,9-10H2,1-3H3. The minimum Gasteiger partial charge on any atom is -0.440 e. The Morgan fingerprint density at radius 3 is 2.89 bits per heavy atom. The van der Waals surface area contributed by atoms with Crippen molar-refractivity contribution in [3.8, 4) is 0 Å². The number of benzene rings is 1. The summed E-state index contributed by atoms with van der Waals surface area (Å²) in [5.41, 5.74) is 2.57. The van der Waals surface area contributed by atoms with Crippen molar-refractivity contribution in [2.75, 3.05) is 6.54 Å². The molecular formula is C15H20N2OS. The molecule has 3 nitrogen and oxygen atoms in total. The molecule has 0 aliphatic rings. The third-order valence-electron chi connectivity index (χ3n) is 2.69. The van der Waals surface area contributed by atoms with E-state index in [2.05, 4.69) is 49.3 Å². The number of aromatic nitrogens is 1. The maximum Gasteiger partial charge on any atom is 0.260 e.